The molecule has 0 bridgehead atoms. The molecule has 0 radical (unpaired) electrons. The lowest BCUT2D eigenvalue weighted by molar-refractivity contribution is -0.387. The molecule has 7 nitrogen and oxygen atoms in total. The van der Waals surface area contributed by atoms with E-state index >= 15 is 0 Å². The minimum atomic E-state index is -0.999. The maximum atomic E-state index is 13.1. The summed E-state index contributed by atoms with van der Waals surface area (Å²) in [5.41, 5.74) is -0.800. The number of benzene rings is 1. The van der Waals surface area contributed by atoms with Gasteiger partial charge in [0.2, 0.25) is 5.82 Å². The van der Waals surface area contributed by atoms with Gasteiger partial charge in [0.1, 0.15) is 0 Å². The van der Waals surface area contributed by atoms with Crippen molar-refractivity contribution in [1.82, 2.24) is 10.2 Å². The van der Waals surface area contributed by atoms with E-state index in [-0.39, 0.29) is 11.4 Å². The second-order valence-electron chi connectivity index (χ2n) is 3.49. The number of hydrogen-bond donors (Lipinski definition) is 1. The van der Waals surface area contributed by atoms with Crippen LogP contribution in [-0.2, 0) is 0 Å². The van der Waals surface area contributed by atoms with Crippen molar-refractivity contribution in [3.05, 3.63) is 58.0 Å². The molecule has 0 spiro atoms. The van der Waals surface area contributed by atoms with E-state index in [4.69, 9.17) is 0 Å². The molecule has 0 saturated heterocycles. The molecular weight excluding hydrogens is 255 g/mol. The molecule has 0 aliphatic heterocycles. The number of carbonyl (C=O) groups excluding carboxylic acids is 1. The third kappa shape index (κ3) is 2.86. The van der Waals surface area contributed by atoms with Crippen LogP contribution >= 0.6 is 0 Å². The number of carbonyl (C=O) groups is 1. The third-order valence-corrected chi connectivity index (χ3v) is 2.22. The van der Waals surface area contributed by atoms with Crippen molar-refractivity contribution in [3.63, 3.8) is 0 Å². The number of amides is 1. The lowest BCUT2D eigenvalue weighted by Crippen LogP contribution is -2.13. The van der Waals surface area contributed by atoms with Crippen LogP contribution < -0.4 is 5.32 Å². The Hall–Kier alpha value is -2.90. The fraction of sp³-hybridized carbons (Fsp3) is 0. The first-order valence-corrected chi connectivity index (χ1v) is 5.11. The summed E-state index contributed by atoms with van der Waals surface area (Å²) in [4.78, 5) is 21.4. The number of hydrogen-bond acceptors (Lipinski definition) is 5. The molecule has 2 rings (SSSR count). The summed E-state index contributed by atoms with van der Waals surface area (Å²) >= 11 is 0. The molecule has 2 aromatic rings. The van der Waals surface area contributed by atoms with Crippen LogP contribution in [0.15, 0.2) is 36.5 Å². The van der Waals surface area contributed by atoms with Gasteiger partial charge < -0.3 is 5.32 Å². The number of anilines is 1. The molecule has 0 atom stereocenters. The first-order valence-electron chi connectivity index (χ1n) is 5.11. The molecule has 0 unspecified atom stereocenters. The van der Waals surface area contributed by atoms with Crippen molar-refractivity contribution in [3.8, 4) is 0 Å². The topological polar surface area (TPSA) is 98.0 Å². The summed E-state index contributed by atoms with van der Waals surface area (Å²) < 4.78 is 13.1. The number of rotatable bonds is 3. The molecule has 1 aromatic carbocycles. The van der Waals surface area contributed by atoms with E-state index in [2.05, 4.69) is 15.5 Å². The number of nitrogens with zero attached hydrogens (tertiary/aromatic N) is 3. The van der Waals surface area contributed by atoms with E-state index in [0.717, 1.165) is 18.2 Å². The van der Waals surface area contributed by atoms with Crippen molar-refractivity contribution < 1.29 is 14.1 Å². The van der Waals surface area contributed by atoms with E-state index in [1.807, 2.05) is 0 Å². The smallest absolute Gasteiger partial charge is 0.305 e. The van der Waals surface area contributed by atoms with Crippen molar-refractivity contribution >= 4 is 17.4 Å². The first kappa shape index (κ1) is 12.6. The van der Waals surface area contributed by atoms with E-state index in [1.165, 1.54) is 12.3 Å². The molecular formula is C11H7FN4O3. The van der Waals surface area contributed by atoms with Gasteiger partial charge in [-0.2, -0.15) is 9.49 Å². The van der Waals surface area contributed by atoms with E-state index < -0.39 is 22.3 Å². The Morgan fingerprint density at radius 3 is 2.79 bits per heavy atom. The van der Waals surface area contributed by atoms with Gasteiger partial charge in [-0.3, -0.25) is 14.9 Å². The molecule has 1 N–H and O–H groups in total. The monoisotopic (exact) mass is 262 g/mol. The largest absolute Gasteiger partial charge is 0.305 e. The highest BCUT2D eigenvalue weighted by Gasteiger charge is 2.17. The van der Waals surface area contributed by atoms with Crippen molar-refractivity contribution in [2.24, 2.45) is 0 Å². The van der Waals surface area contributed by atoms with Crippen LogP contribution in [0.1, 0.15) is 10.4 Å². The van der Waals surface area contributed by atoms with Crippen LogP contribution in [0.5, 0.6) is 0 Å². The molecule has 1 heterocycles. The number of aromatic nitrogens is 2. The zero-order valence-electron chi connectivity index (χ0n) is 9.41. The molecule has 0 fully saturated rings. The highest BCUT2D eigenvalue weighted by molar-refractivity contribution is 6.04. The maximum Gasteiger partial charge on any atom is 0.305 e. The second kappa shape index (κ2) is 5.17. The first-order chi connectivity index (χ1) is 9.08. The summed E-state index contributed by atoms with van der Waals surface area (Å²) in [5.74, 6) is -1.44. The zero-order chi connectivity index (χ0) is 13.8. The third-order valence-electron chi connectivity index (χ3n) is 2.22. The highest BCUT2D eigenvalue weighted by Crippen LogP contribution is 2.19. The van der Waals surface area contributed by atoms with Gasteiger partial charge in [-0.05, 0) is 24.3 Å². The summed E-state index contributed by atoms with van der Waals surface area (Å²) in [6, 6.07) is 5.94. The predicted octanol–water partition coefficient (Wildman–Crippen LogP) is 1.78. The Labute approximate surface area is 106 Å². The van der Waals surface area contributed by atoms with Crippen LogP contribution in [0.4, 0.5) is 15.9 Å². The summed E-state index contributed by atoms with van der Waals surface area (Å²) in [5, 5.41) is 20.1. The quantitative estimate of drug-likeness (QED) is 0.671. The van der Waals surface area contributed by atoms with Gasteiger partial charge in [-0.15, -0.1) is 5.10 Å². The van der Waals surface area contributed by atoms with Crippen LogP contribution in [0, 0.1) is 15.9 Å². The normalized spacial score (nSPS) is 9.95. The van der Waals surface area contributed by atoms with E-state index in [0.29, 0.717) is 0 Å². The summed E-state index contributed by atoms with van der Waals surface area (Å²) in [6.07, 6.45) is 1.43. The molecule has 19 heavy (non-hydrogen) atoms. The predicted molar refractivity (Wildman–Crippen MR) is 63.0 cm³/mol. The average Bonchev–Trinajstić information content (AvgIpc) is 2.40. The fourth-order valence-corrected chi connectivity index (χ4v) is 1.35. The molecule has 1 aromatic heterocycles. The van der Waals surface area contributed by atoms with Gasteiger partial charge in [0, 0.05) is 17.8 Å². The van der Waals surface area contributed by atoms with Crippen LogP contribution in [0.2, 0.25) is 0 Å². The molecule has 8 heteroatoms. The van der Waals surface area contributed by atoms with Crippen molar-refractivity contribution in [2.75, 3.05) is 5.32 Å². The van der Waals surface area contributed by atoms with Gasteiger partial charge in [0.25, 0.3) is 5.91 Å². The lowest BCUT2D eigenvalue weighted by atomic mass is 10.2. The Balaban J connectivity index is 2.25. The molecule has 0 aliphatic rings. The van der Waals surface area contributed by atoms with Crippen LogP contribution in [0.25, 0.3) is 0 Å². The van der Waals surface area contributed by atoms with Gasteiger partial charge >= 0.3 is 5.69 Å². The average molecular weight is 262 g/mol. The Bertz CT molecular complexity index is 633. The van der Waals surface area contributed by atoms with Crippen LogP contribution in [-0.4, -0.2) is 21.0 Å². The standard InChI is InChI=1S/C11H7FN4O3/c12-8-4-3-7(6-9(8)16(18)19)11(17)14-10-2-1-5-13-15-10/h1-6H,(H,14,15,17). The Morgan fingerprint density at radius 2 is 2.16 bits per heavy atom. The fourth-order valence-electron chi connectivity index (χ4n) is 1.35. The van der Waals surface area contributed by atoms with E-state index in [9.17, 15) is 19.3 Å². The van der Waals surface area contributed by atoms with Gasteiger partial charge in [-0.1, -0.05) is 0 Å². The number of nitro groups is 1. The minimum absolute atomic E-state index is 0.0428. The summed E-state index contributed by atoms with van der Waals surface area (Å²) in [7, 11) is 0. The van der Waals surface area contributed by atoms with Crippen molar-refractivity contribution in [1.29, 1.82) is 0 Å². The molecule has 0 saturated carbocycles. The highest BCUT2D eigenvalue weighted by atomic mass is 19.1. The van der Waals surface area contributed by atoms with Gasteiger partial charge in [-0.25, -0.2) is 0 Å². The van der Waals surface area contributed by atoms with Crippen molar-refractivity contribution in [2.45, 2.75) is 0 Å². The zero-order valence-corrected chi connectivity index (χ0v) is 9.41. The molecule has 96 valence electrons. The summed E-state index contributed by atoms with van der Waals surface area (Å²) in [6.45, 7) is 0. The van der Waals surface area contributed by atoms with Crippen LogP contribution in [0.3, 0.4) is 0 Å². The lowest BCUT2D eigenvalue weighted by Gasteiger charge is -2.03. The van der Waals surface area contributed by atoms with Gasteiger partial charge in [0.15, 0.2) is 5.82 Å². The number of halogens is 1. The number of nitrogens with one attached hydrogen (secondary N) is 1. The maximum absolute atomic E-state index is 13.1. The molecule has 0 aliphatic carbocycles. The van der Waals surface area contributed by atoms with Gasteiger partial charge in [0.05, 0.1) is 4.92 Å². The Morgan fingerprint density at radius 1 is 1.37 bits per heavy atom. The Kier molecular flexibility index (Phi) is 3.42. The molecule has 1 amide bonds. The second-order valence-corrected chi connectivity index (χ2v) is 3.49. The minimum Gasteiger partial charge on any atom is -0.305 e. The number of nitro benzene ring substituents is 1. The van der Waals surface area contributed by atoms with E-state index in [1.54, 1.807) is 6.07 Å². The SMILES string of the molecule is O=C(Nc1cccnn1)c1ccc(F)c([N+](=O)[O-])c1.